The van der Waals surface area contributed by atoms with Crippen LogP contribution in [0.5, 0.6) is 5.88 Å². The number of hydrogen-bond acceptors (Lipinski definition) is 2. The molecular weight excluding hydrogens is 260 g/mol. The van der Waals surface area contributed by atoms with Gasteiger partial charge in [0.05, 0.1) is 16.8 Å². The lowest BCUT2D eigenvalue weighted by molar-refractivity contribution is 0.434. The first-order chi connectivity index (χ1) is 10.1. The van der Waals surface area contributed by atoms with Crippen molar-refractivity contribution >= 4 is 22.8 Å². The molecule has 0 fully saturated rings. The van der Waals surface area contributed by atoms with E-state index in [2.05, 4.69) is 24.9 Å². The van der Waals surface area contributed by atoms with Crippen molar-refractivity contribution in [3.63, 3.8) is 0 Å². The van der Waals surface area contributed by atoms with Gasteiger partial charge in [0.2, 0.25) is 5.88 Å². The summed E-state index contributed by atoms with van der Waals surface area (Å²) in [6, 6.07) is 14.0. The Hall–Kier alpha value is -2.55. The maximum absolute atomic E-state index is 10.3. The van der Waals surface area contributed by atoms with E-state index in [1.165, 1.54) is 11.1 Å². The van der Waals surface area contributed by atoms with Crippen molar-refractivity contribution < 1.29 is 5.11 Å². The molecule has 0 bridgehead atoms. The van der Waals surface area contributed by atoms with Gasteiger partial charge in [0.15, 0.2) is 0 Å². The van der Waals surface area contributed by atoms with Crippen LogP contribution in [-0.2, 0) is 7.05 Å². The highest BCUT2D eigenvalue weighted by Crippen LogP contribution is 2.29. The van der Waals surface area contributed by atoms with Crippen LogP contribution in [-0.4, -0.2) is 15.9 Å². The Balaban J connectivity index is 2.07. The van der Waals surface area contributed by atoms with E-state index >= 15 is 0 Å². The zero-order valence-corrected chi connectivity index (χ0v) is 12.5. The van der Waals surface area contributed by atoms with E-state index in [4.69, 9.17) is 0 Å². The third kappa shape index (κ3) is 2.31. The summed E-state index contributed by atoms with van der Waals surface area (Å²) in [6.07, 6.45) is 1.74. The predicted molar refractivity (Wildman–Crippen MR) is 87.8 cm³/mol. The molecule has 1 N–H and O–H groups in total. The molecule has 21 heavy (non-hydrogen) atoms. The van der Waals surface area contributed by atoms with E-state index in [1.807, 2.05) is 43.4 Å². The summed E-state index contributed by atoms with van der Waals surface area (Å²) in [4.78, 5) is 4.50. The molecule has 0 saturated carbocycles. The average molecular weight is 278 g/mol. The highest BCUT2D eigenvalue weighted by Gasteiger charge is 2.11. The lowest BCUT2D eigenvalue weighted by Crippen LogP contribution is -1.86. The highest BCUT2D eigenvalue weighted by atomic mass is 16.3. The normalized spacial score (nSPS) is 11.6. The number of hydrogen-bond donors (Lipinski definition) is 1. The molecule has 0 saturated heterocycles. The van der Waals surface area contributed by atoms with Gasteiger partial charge in [-0.15, -0.1) is 0 Å². The van der Waals surface area contributed by atoms with Gasteiger partial charge in [-0.3, -0.25) is 4.99 Å². The van der Waals surface area contributed by atoms with Crippen LogP contribution in [0.4, 0.5) is 5.69 Å². The number of rotatable bonds is 2. The van der Waals surface area contributed by atoms with Crippen molar-refractivity contribution in [2.75, 3.05) is 0 Å². The molecule has 0 radical (unpaired) electrons. The third-order valence-electron chi connectivity index (χ3n) is 3.95. The Bertz CT molecular complexity index is 844. The van der Waals surface area contributed by atoms with Gasteiger partial charge in [0, 0.05) is 18.6 Å². The molecule has 0 aliphatic rings. The van der Waals surface area contributed by atoms with E-state index in [-0.39, 0.29) is 5.88 Å². The Kier molecular flexibility index (Phi) is 3.26. The Morgan fingerprint density at radius 3 is 2.57 bits per heavy atom. The first-order valence-electron chi connectivity index (χ1n) is 6.95. The Morgan fingerprint density at radius 1 is 1.05 bits per heavy atom. The van der Waals surface area contributed by atoms with E-state index in [1.54, 1.807) is 10.8 Å². The molecule has 0 aliphatic heterocycles. The van der Waals surface area contributed by atoms with Crippen LogP contribution in [0.2, 0.25) is 0 Å². The maximum atomic E-state index is 10.3. The van der Waals surface area contributed by atoms with Gasteiger partial charge in [0.25, 0.3) is 0 Å². The summed E-state index contributed by atoms with van der Waals surface area (Å²) in [5, 5.41) is 11.3. The van der Waals surface area contributed by atoms with Gasteiger partial charge < -0.3 is 9.67 Å². The second kappa shape index (κ2) is 5.09. The van der Waals surface area contributed by atoms with Crippen molar-refractivity contribution in [2.24, 2.45) is 12.0 Å². The first kappa shape index (κ1) is 13.4. The van der Waals surface area contributed by atoms with E-state index in [0.29, 0.717) is 0 Å². The number of aryl methyl sites for hydroxylation is 3. The van der Waals surface area contributed by atoms with Crippen molar-refractivity contribution in [3.05, 3.63) is 59.2 Å². The zero-order chi connectivity index (χ0) is 15.0. The molecule has 106 valence electrons. The molecule has 2 aromatic carbocycles. The van der Waals surface area contributed by atoms with Crippen LogP contribution in [0.15, 0.2) is 47.5 Å². The molecule has 1 heterocycles. The summed E-state index contributed by atoms with van der Waals surface area (Å²) < 4.78 is 1.77. The van der Waals surface area contributed by atoms with Gasteiger partial charge in [-0.2, -0.15) is 0 Å². The maximum Gasteiger partial charge on any atom is 0.200 e. The molecular formula is C18H18N2O. The molecule has 0 atom stereocenters. The number of para-hydroxylation sites is 1. The van der Waals surface area contributed by atoms with Gasteiger partial charge in [-0.25, -0.2) is 0 Å². The molecule has 3 heteroatoms. The lowest BCUT2D eigenvalue weighted by Gasteiger charge is -2.00. The number of aliphatic imine (C=N–C) groups is 1. The summed E-state index contributed by atoms with van der Waals surface area (Å²) in [6.45, 7) is 4.16. The van der Waals surface area contributed by atoms with Gasteiger partial charge >= 0.3 is 0 Å². The minimum atomic E-state index is 0.240. The molecule has 0 aliphatic carbocycles. The predicted octanol–water partition coefficient (Wildman–Crippen LogP) is 4.25. The molecule has 1 aromatic heterocycles. The number of benzene rings is 2. The number of aromatic nitrogens is 1. The summed E-state index contributed by atoms with van der Waals surface area (Å²) in [5.41, 5.74) is 5.11. The van der Waals surface area contributed by atoms with Gasteiger partial charge in [0.1, 0.15) is 0 Å². The van der Waals surface area contributed by atoms with Gasteiger partial charge in [-0.05, 0) is 43.2 Å². The van der Waals surface area contributed by atoms with Gasteiger partial charge in [-0.1, -0.05) is 24.3 Å². The third-order valence-corrected chi connectivity index (χ3v) is 3.95. The van der Waals surface area contributed by atoms with E-state index in [9.17, 15) is 5.11 Å². The Morgan fingerprint density at radius 2 is 1.81 bits per heavy atom. The first-order valence-corrected chi connectivity index (χ1v) is 6.95. The van der Waals surface area contributed by atoms with Crippen LogP contribution in [0.25, 0.3) is 10.9 Å². The van der Waals surface area contributed by atoms with E-state index in [0.717, 1.165) is 22.2 Å². The van der Waals surface area contributed by atoms with Crippen molar-refractivity contribution in [1.29, 1.82) is 0 Å². The van der Waals surface area contributed by atoms with Crippen LogP contribution < -0.4 is 0 Å². The summed E-state index contributed by atoms with van der Waals surface area (Å²) in [5.74, 6) is 0.240. The standard InChI is InChI=1S/C18H18N2O/c1-12-8-9-14(10-13(12)2)19-11-16-15-6-4-5-7-17(15)20(3)18(16)21/h4-11,21H,1-3H3. The average Bonchev–Trinajstić information content (AvgIpc) is 2.73. The number of fused-ring (bicyclic) bond motifs is 1. The SMILES string of the molecule is Cc1ccc(N=Cc2c(O)n(C)c3ccccc23)cc1C. The minimum absolute atomic E-state index is 0.240. The van der Waals surface area contributed by atoms with E-state index < -0.39 is 0 Å². The van der Waals surface area contributed by atoms with Crippen molar-refractivity contribution in [1.82, 2.24) is 4.57 Å². The fourth-order valence-electron chi connectivity index (χ4n) is 2.48. The number of nitrogens with zero attached hydrogens (tertiary/aromatic N) is 2. The lowest BCUT2D eigenvalue weighted by atomic mass is 10.1. The quantitative estimate of drug-likeness (QED) is 0.699. The zero-order valence-electron chi connectivity index (χ0n) is 12.5. The summed E-state index contributed by atoms with van der Waals surface area (Å²) >= 11 is 0. The monoisotopic (exact) mass is 278 g/mol. The summed E-state index contributed by atoms with van der Waals surface area (Å²) in [7, 11) is 1.85. The molecule has 3 nitrogen and oxygen atoms in total. The fourth-order valence-corrected chi connectivity index (χ4v) is 2.48. The second-order valence-corrected chi connectivity index (χ2v) is 5.34. The topological polar surface area (TPSA) is 37.5 Å². The number of aromatic hydroxyl groups is 1. The molecule has 0 amide bonds. The molecule has 3 rings (SSSR count). The molecule has 0 unspecified atom stereocenters. The van der Waals surface area contributed by atoms with Crippen molar-refractivity contribution in [3.8, 4) is 5.88 Å². The second-order valence-electron chi connectivity index (χ2n) is 5.34. The van der Waals surface area contributed by atoms with Crippen LogP contribution in [0.1, 0.15) is 16.7 Å². The van der Waals surface area contributed by atoms with Crippen molar-refractivity contribution in [2.45, 2.75) is 13.8 Å². The van der Waals surface area contributed by atoms with Crippen LogP contribution in [0, 0.1) is 13.8 Å². The minimum Gasteiger partial charge on any atom is -0.494 e. The highest BCUT2D eigenvalue weighted by molar-refractivity contribution is 6.03. The molecule has 0 spiro atoms. The fraction of sp³-hybridized carbons (Fsp3) is 0.167. The van der Waals surface area contributed by atoms with Crippen LogP contribution >= 0.6 is 0 Å². The smallest absolute Gasteiger partial charge is 0.200 e. The molecule has 3 aromatic rings. The van der Waals surface area contributed by atoms with Crippen LogP contribution in [0.3, 0.4) is 0 Å². The Labute approximate surface area is 124 Å². The largest absolute Gasteiger partial charge is 0.494 e.